The molecule has 0 unspecified atom stereocenters. The van der Waals surface area contributed by atoms with Crippen LogP contribution in [0.25, 0.3) is 0 Å². The van der Waals surface area contributed by atoms with E-state index in [2.05, 4.69) is 14.9 Å². The highest BCUT2D eigenvalue weighted by molar-refractivity contribution is 5.34. The summed E-state index contributed by atoms with van der Waals surface area (Å²) in [4.78, 5) is 11.4. The van der Waals surface area contributed by atoms with Gasteiger partial charge in [0.1, 0.15) is 0 Å². The number of alkyl halides is 3. The summed E-state index contributed by atoms with van der Waals surface area (Å²) in [6.45, 7) is 4.49. The van der Waals surface area contributed by atoms with Gasteiger partial charge in [-0.15, -0.1) is 0 Å². The van der Waals surface area contributed by atoms with Crippen LogP contribution in [0.15, 0.2) is 6.20 Å². The molecule has 1 aliphatic rings. The lowest BCUT2D eigenvalue weighted by molar-refractivity contribution is -0.141. The van der Waals surface area contributed by atoms with E-state index in [9.17, 15) is 13.2 Å². The zero-order chi connectivity index (χ0) is 14.8. The molecule has 1 aromatic heterocycles. The van der Waals surface area contributed by atoms with Gasteiger partial charge in [-0.25, -0.2) is 9.97 Å². The third-order valence-corrected chi connectivity index (χ3v) is 3.30. The van der Waals surface area contributed by atoms with Crippen molar-refractivity contribution in [3.63, 3.8) is 0 Å². The molecule has 0 amide bonds. The lowest BCUT2D eigenvalue weighted by Crippen LogP contribution is -2.47. The Labute approximate surface area is 115 Å². The Morgan fingerprint density at radius 1 is 1.25 bits per heavy atom. The maximum Gasteiger partial charge on any atom is 0.433 e. The van der Waals surface area contributed by atoms with Crippen molar-refractivity contribution in [1.29, 1.82) is 0 Å². The topological polar surface area (TPSA) is 52.5 Å². The summed E-state index contributed by atoms with van der Waals surface area (Å²) in [6, 6.07) is 0. The molecule has 1 fully saturated rings. The van der Waals surface area contributed by atoms with Gasteiger partial charge in [-0.3, -0.25) is 4.90 Å². The van der Waals surface area contributed by atoms with Gasteiger partial charge in [0.05, 0.1) is 6.61 Å². The van der Waals surface area contributed by atoms with E-state index in [4.69, 9.17) is 5.11 Å². The molecule has 1 aliphatic heterocycles. The molecule has 0 spiro atoms. The van der Waals surface area contributed by atoms with Crippen LogP contribution in [-0.2, 0) is 6.18 Å². The van der Waals surface area contributed by atoms with Crippen LogP contribution in [0.1, 0.15) is 11.3 Å². The fourth-order valence-corrected chi connectivity index (χ4v) is 2.18. The molecule has 2 heterocycles. The first-order chi connectivity index (χ1) is 9.41. The molecule has 1 N–H and O–H groups in total. The minimum absolute atomic E-state index is 0.0279. The predicted molar refractivity (Wildman–Crippen MR) is 67.5 cm³/mol. The summed E-state index contributed by atoms with van der Waals surface area (Å²) < 4.78 is 38.4. The SMILES string of the molecule is Cc1cnc(N2CCN(CCO)CC2)nc1C(F)(F)F. The van der Waals surface area contributed by atoms with Crippen LogP contribution in [0.5, 0.6) is 0 Å². The molecule has 0 radical (unpaired) electrons. The number of hydrogen-bond acceptors (Lipinski definition) is 5. The number of β-amino-alcohol motifs (C(OH)–C–C–N with tert-alkyl or cyclic N) is 1. The fraction of sp³-hybridized carbons (Fsp3) is 0.667. The van der Waals surface area contributed by atoms with E-state index in [1.165, 1.54) is 13.1 Å². The number of piperazine rings is 1. The van der Waals surface area contributed by atoms with Crippen LogP contribution < -0.4 is 4.90 Å². The molecule has 0 atom stereocenters. The molecule has 0 saturated carbocycles. The van der Waals surface area contributed by atoms with Gasteiger partial charge in [-0.2, -0.15) is 13.2 Å². The van der Waals surface area contributed by atoms with E-state index >= 15 is 0 Å². The zero-order valence-electron chi connectivity index (χ0n) is 11.2. The van der Waals surface area contributed by atoms with Crippen molar-refractivity contribution in [3.05, 3.63) is 17.5 Å². The second kappa shape index (κ2) is 5.92. The van der Waals surface area contributed by atoms with Crippen LogP contribution in [0.3, 0.4) is 0 Å². The van der Waals surface area contributed by atoms with E-state index < -0.39 is 11.9 Å². The van der Waals surface area contributed by atoms with E-state index in [0.717, 1.165) is 0 Å². The first-order valence-electron chi connectivity index (χ1n) is 6.41. The van der Waals surface area contributed by atoms with Gasteiger partial charge in [-0.05, 0) is 12.5 Å². The van der Waals surface area contributed by atoms with Crippen molar-refractivity contribution in [2.45, 2.75) is 13.1 Å². The Morgan fingerprint density at radius 2 is 1.90 bits per heavy atom. The second-order valence-corrected chi connectivity index (χ2v) is 4.75. The number of halogens is 3. The van der Waals surface area contributed by atoms with E-state index in [1.54, 1.807) is 4.90 Å². The quantitative estimate of drug-likeness (QED) is 0.897. The van der Waals surface area contributed by atoms with Crippen molar-refractivity contribution in [1.82, 2.24) is 14.9 Å². The maximum atomic E-state index is 12.8. The van der Waals surface area contributed by atoms with Crippen LogP contribution in [-0.4, -0.2) is 59.3 Å². The average molecular weight is 290 g/mol. The van der Waals surface area contributed by atoms with E-state index in [0.29, 0.717) is 32.7 Å². The summed E-state index contributed by atoms with van der Waals surface area (Å²) in [5.41, 5.74) is -0.847. The lowest BCUT2D eigenvalue weighted by atomic mass is 10.2. The standard InChI is InChI=1S/C12H17F3N4O/c1-9-8-16-11(17-10(9)12(13,14)15)19-4-2-18(3-5-19)6-7-20/h8,20H,2-7H2,1H3. The van der Waals surface area contributed by atoms with Gasteiger partial charge < -0.3 is 10.0 Å². The number of aryl methyl sites for hydroxylation is 1. The van der Waals surface area contributed by atoms with Crippen molar-refractivity contribution in [2.24, 2.45) is 0 Å². The Bertz CT molecular complexity index is 459. The van der Waals surface area contributed by atoms with Crippen LogP contribution in [0, 0.1) is 6.92 Å². The first kappa shape index (κ1) is 15.0. The van der Waals surface area contributed by atoms with Crippen LogP contribution in [0.4, 0.5) is 19.1 Å². The van der Waals surface area contributed by atoms with Gasteiger partial charge in [0, 0.05) is 38.9 Å². The molecule has 1 aromatic rings. The van der Waals surface area contributed by atoms with Gasteiger partial charge in [0.15, 0.2) is 5.69 Å². The Hall–Kier alpha value is -1.41. The minimum Gasteiger partial charge on any atom is -0.395 e. The molecule has 2 rings (SSSR count). The van der Waals surface area contributed by atoms with Crippen LogP contribution in [0.2, 0.25) is 0 Å². The largest absolute Gasteiger partial charge is 0.433 e. The van der Waals surface area contributed by atoms with Crippen molar-refractivity contribution < 1.29 is 18.3 Å². The zero-order valence-corrected chi connectivity index (χ0v) is 11.2. The summed E-state index contributed by atoms with van der Waals surface area (Å²) in [5, 5.41) is 8.85. The summed E-state index contributed by atoms with van der Waals surface area (Å²) in [6.07, 6.45) is -3.24. The average Bonchev–Trinajstić information content (AvgIpc) is 2.39. The van der Waals surface area contributed by atoms with Crippen molar-refractivity contribution in [3.8, 4) is 0 Å². The van der Waals surface area contributed by atoms with Crippen LogP contribution >= 0.6 is 0 Å². The number of hydrogen-bond donors (Lipinski definition) is 1. The van der Waals surface area contributed by atoms with E-state index in [-0.39, 0.29) is 18.1 Å². The Balaban J connectivity index is 2.11. The van der Waals surface area contributed by atoms with Gasteiger partial charge in [0.2, 0.25) is 5.95 Å². The number of aromatic nitrogens is 2. The molecular formula is C12H17F3N4O. The molecular weight excluding hydrogens is 273 g/mol. The highest BCUT2D eigenvalue weighted by Gasteiger charge is 2.35. The number of rotatable bonds is 3. The van der Waals surface area contributed by atoms with Gasteiger partial charge >= 0.3 is 6.18 Å². The molecule has 112 valence electrons. The first-order valence-corrected chi connectivity index (χ1v) is 6.41. The maximum absolute atomic E-state index is 12.8. The molecule has 8 heteroatoms. The molecule has 5 nitrogen and oxygen atoms in total. The highest BCUT2D eigenvalue weighted by Crippen LogP contribution is 2.30. The molecule has 20 heavy (non-hydrogen) atoms. The number of nitrogens with zero attached hydrogens (tertiary/aromatic N) is 4. The second-order valence-electron chi connectivity index (χ2n) is 4.75. The van der Waals surface area contributed by atoms with Crippen molar-refractivity contribution >= 4 is 5.95 Å². The fourth-order valence-electron chi connectivity index (χ4n) is 2.18. The summed E-state index contributed by atoms with van der Waals surface area (Å²) in [5.74, 6) is 0.117. The number of aliphatic hydroxyl groups excluding tert-OH is 1. The summed E-state index contributed by atoms with van der Waals surface area (Å²) >= 11 is 0. The molecule has 0 aliphatic carbocycles. The smallest absolute Gasteiger partial charge is 0.395 e. The Kier molecular flexibility index (Phi) is 4.44. The molecule has 0 bridgehead atoms. The Morgan fingerprint density at radius 3 is 2.45 bits per heavy atom. The van der Waals surface area contributed by atoms with Crippen molar-refractivity contribution in [2.75, 3.05) is 44.2 Å². The summed E-state index contributed by atoms with van der Waals surface area (Å²) in [7, 11) is 0. The molecule has 0 aromatic carbocycles. The van der Waals surface area contributed by atoms with E-state index in [1.807, 2.05) is 0 Å². The molecule has 1 saturated heterocycles. The monoisotopic (exact) mass is 290 g/mol. The minimum atomic E-state index is -4.46. The third-order valence-electron chi connectivity index (χ3n) is 3.30. The highest BCUT2D eigenvalue weighted by atomic mass is 19.4. The normalized spacial score (nSPS) is 17.6. The number of anilines is 1. The third kappa shape index (κ3) is 3.37. The number of aliphatic hydroxyl groups is 1. The van der Waals surface area contributed by atoms with Gasteiger partial charge in [-0.1, -0.05) is 0 Å². The predicted octanol–water partition coefficient (Wildman–Crippen LogP) is 0.918. The van der Waals surface area contributed by atoms with Gasteiger partial charge in [0.25, 0.3) is 0 Å². The lowest BCUT2D eigenvalue weighted by Gasteiger charge is -2.34.